The average molecular weight is 319 g/mol. The summed E-state index contributed by atoms with van der Waals surface area (Å²) in [6.07, 6.45) is 0.678. The first kappa shape index (κ1) is 15.6. The van der Waals surface area contributed by atoms with Gasteiger partial charge in [0.25, 0.3) is 0 Å². The average Bonchev–Trinajstić information content (AvgIpc) is 2.38. The standard InChI is InChI=1S/C13H19ClN2O3S/c1-9-5-6-16(8-12(9)19-2)20(17,18)13-4-3-10(14)7-11(13)15/h3-4,7,9,12H,5-6,8,15H2,1-2H3. The van der Waals surface area contributed by atoms with E-state index in [1.54, 1.807) is 7.11 Å². The molecule has 1 aromatic carbocycles. The Morgan fingerprint density at radius 1 is 1.45 bits per heavy atom. The topological polar surface area (TPSA) is 72.6 Å². The van der Waals surface area contributed by atoms with Gasteiger partial charge in [-0.1, -0.05) is 18.5 Å². The van der Waals surface area contributed by atoms with E-state index in [-0.39, 0.29) is 16.7 Å². The van der Waals surface area contributed by atoms with Crippen LogP contribution in [0.3, 0.4) is 0 Å². The molecule has 20 heavy (non-hydrogen) atoms. The van der Waals surface area contributed by atoms with Gasteiger partial charge < -0.3 is 10.5 Å². The molecule has 1 aromatic rings. The van der Waals surface area contributed by atoms with E-state index in [4.69, 9.17) is 22.1 Å². The summed E-state index contributed by atoms with van der Waals surface area (Å²) in [6, 6.07) is 4.44. The fraction of sp³-hybridized carbons (Fsp3) is 0.538. The van der Waals surface area contributed by atoms with Crippen LogP contribution in [0.25, 0.3) is 0 Å². The second kappa shape index (κ2) is 5.89. The summed E-state index contributed by atoms with van der Waals surface area (Å²) in [4.78, 5) is 0.103. The maximum absolute atomic E-state index is 12.6. The van der Waals surface area contributed by atoms with Crippen molar-refractivity contribution in [2.75, 3.05) is 25.9 Å². The zero-order valence-corrected chi connectivity index (χ0v) is 13.1. The molecule has 5 nitrogen and oxygen atoms in total. The molecule has 0 spiro atoms. The molecular formula is C13H19ClN2O3S. The number of nitrogens with two attached hydrogens (primary N) is 1. The molecular weight excluding hydrogens is 300 g/mol. The van der Waals surface area contributed by atoms with Crippen molar-refractivity contribution < 1.29 is 13.2 Å². The van der Waals surface area contributed by atoms with Crippen LogP contribution in [0, 0.1) is 5.92 Å². The van der Waals surface area contributed by atoms with Crippen LogP contribution in [-0.2, 0) is 14.8 Å². The van der Waals surface area contributed by atoms with E-state index < -0.39 is 10.0 Å². The molecule has 1 aliphatic rings. The molecule has 0 saturated carbocycles. The summed E-state index contributed by atoms with van der Waals surface area (Å²) in [6.45, 7) is 2.89. The molecule has 7 heteroatoms. The number of piperidine rings is 1. The first-order valence-electron chi connectivity index (χ1n) is 6.44. The highest BCUT2D eigenvalue weighted by Gasteiger charge is 2.34. The van der Waals surface area contributed by atoms with Gasteiger partial charge >= 0.3 is 0 Å². The Bertz CT molecular complexity index is 591. The molecule has 112 valence electrons. The van der Waals surface area contributed by atoms with Crippen LogP contribution in [0.1, 0.15) is 13.3 Å². The Morgan fingerprint density at radius 3 is 2.75 bits per heavy atom. The van der Waals surface area contributed by atoms with Crippen LogP contribution in [0.15, 0.2) is 23.1 Å². The fourth-order valence-electron chi connectivity index (χ4n) is 2.42. The van der Waals surface area contributed by atoms with Crippen molar-refractivity contribution >= 4 is 27.3 Å². The maximum Gasteiger partial charge on any atom is 0.245 e. The van der Waals surface area contributed by atoms with Crippen molar-refractivity contribution in [3.8, 4) is 0 Å². The second-order valence-corrected chi connectivity index (χ2v) is 7.43. The number of sulfonamides is 1. The van der Waals surface area contributed by atoms with E-state index in [1.807, 2.05) is 0 Å². The van der Waals surface area contributed by atoms with Crippen molar-refractivity contribution in [2.45, 2.75) is 24.3 Å². The number of methoxy groups -OCH3 is 1. The Kier molecular flexibility index (Phi) is 4.59. The molecule has 0 bridgehead atoms. The van der Waals surface area contributed by atoms with Crippen molar-refractivity contribution in [2.24, 2.45) is 5.92 Å². The highest BCUT2D eigenvalue weighted by Crippen LogP contribution is 2.29. The molecule has 2 rings (SSSR count). The highest BCUT2D eigenvalue weighted by molar-refractivity contribution is 7.89. The molecule has 0 radical (unpaired) electrons. The molecule has 1 fully saturated rings. The Labute approximate surface area is 124 Å². The third-order valence-electron chi connectivity index (χ3n) is 3.74. The number of halogens is 1. The van der Waals surface area contributed by atoms with Gasteiger partial charge in [0.15, 0.2) is 0 Å². The molecule has 2 unspecified atom stereocenters. The first-order valence-corrected chi connectivity index (χ1v) is 8.26. The van der Waals surface area contributed by atoms with Crippen molar-refractivity contribution in [3.63, 3.8) is 0 Å². The van der Waals surface area contributed by atoms with Gasteiger partial charge in [0.1, 0.15) is 4.90 Å². The lowest BCUT2D eigenvalue weighted by Crippen LogP contribution is -2.46. The van der Waals surface area contributed by atoms with Crippen LogP contribution in [-0.4, -0.2) is 39.0 Å². The largest absolute Gasteiger partial charge is 0.398 e. The molecule has 0 aliphatic carbocycles. The molecule has 2 atom stereocenters. The number of rotatable bonds is 3. The summed E-state index contributed by atoms with van der Waals surface area (Å²) in [5.74, 6) is 0.342. The fourth-order valence-corrected chi connectivity index (χ4v) is 4.17. The van der Waals surface area contributed by atoms with E-state index in [2.05, 4.69) is 6.92 Å². The monoisotopic (exact) mass is 318 g/mol. The normalized spacial score (nSPS) is 24.8. The summed E-state index contributed by atoms with van der Waals surface area (Å²) in [5.41, 5.74) is 5.96. The minimum atomic E-state index is -3.61. The number of nitrogen functional groups attached to an aromatic ring is 1. The Morgan fingerprint density at radius 2 is 2.15 bits per heavy atom. The quantitative estimate of drug-likeness (QED) is 0.865. The number of ether oxygens (including phenoxy) is 1. The molecule has 1 saturated heterocycles. The molecule has 2 N–H and O–H groups in total. The number of hydrogen-bond donors (Lipinski definition) is 1. The van der Waals surface area contributed by atoms with Gasteiger partial charge in [-0.2, -0.15) is 4.31 Å². The van der Waals surface area contributed by atoms with Gasteiger partial charge in [0, 0.05) is 25.2 Å². The molecule has 1 aliphatic heterocycles. The van der Waals surface area contributed by atoms with E-state index in [0.717, 1.165) is 6.42 Å². The number of nitrogens with zero attached hydrogens (tertiary/aromatic N) is 1. The van der Waals surface area contributed by atoms with Crippen LogP contribution in [0.2, 0.25) is 5.02 Å². The second-order valence-electron chi connectivity index (χ2n) is 5.09. The lowest BCUT2D eigenvalue weighted by atomic mass is 9.97. The van der Waals surface area contributed by atoms with Crippen molar-refractivity contribution in [1.29, 1.82) is 0 Å². The predicted octanol–water partition coefficient (Wildman–Crippen LogP) is 1.97. The van der Waals surface area contributed by atoms with Crippen molar-refractivity contribution in [3.05, 3.63) is 23.2 Å². The first-order chi connectivity index (χ1) is 9.36. The van der Waals surface area contributed by atoms with E-state index in [9.17, 15) is 8.42 Å². The molecule has 0 amide bonds. The summed E-state index contributed by atoms with van der Waals surface area (Å²) in [5, 5.41) is 0.420. The van der Waals surface area contributed by atoms with Gasteiger partial charge in [-0.3, -0.25) is 0 Å². The predicted molar refractivity (Wildman–Crippen MR) is 79.2 cm³/mol. The maximum atomic E-state index is 12.6. The molecule has 1 heterocycles. The molecule has 0 aromatic heterocycles. The van der Waals surface area contributed by atoms with Gasteiger partial charge in [0.05, 0.1) is 11.8 Å². The van der Waals surface area contributed by atoms with Crippen LogP contribution in [0.4, 0.5) is 5.69 Å². The Balaban J connectivity index is 2.31. The summed E-state index contributed by atoms with van der Waals surface area (Å²) >= 11 is 5.81. The van der Waals surface area contributed by atoms with Gasteiger partial charge in [-0.05, 0) is 30.5 Å². The lowest BCUT2D eigenvalue weighted by molar-refractivity contribution is 0.0184. The zero-order valence-electron chi connectivity index (χ0n) is 11.5. The number of anilines is 1. The summed E-state index contributed by atoms with van der Waals surface area (Å²) < 4.78 is 32.1. The van der Waals surface area contributed by atoms with E-state index >= 15 is 0 Å². The Hall–Kier alpha value is -0.820. The number of hydrogen-bond acceptors (Lipinski definition) is 4. The van der Waals surface area contributed by atoms with Crippen LogP contribution in [0.5, 0.6) is 0 Å². The van der Waals surface area contributed by atoms with Crippen LogP contribution < -0.4 is 5.73 Å². The minimum absolute atomic E-state index is 0.0907. The third-order valence-corrected chi connectivity index (χ3v) is 5.92. The van der Waals surface area contributed by atoms with Crippen molar-refractivity contribution in [1.82, 2.24) is 4.31 Å². The SMILES string of the molecule is COC1CN(S(=O)(=O)c2ccc(Cl)cc2N)CCC1C. The zero-order chi connectivity index (χ0) is 14.9. The highest BCUT2D eigenvalue weighted by atomic mass is 35.5. The lowest BCUT2D eigenvalue weighted by Gasteiger charge is -2.35. The third kappa shape index (κ3) is 2.93. The van der Waals surface area contributed by atoms with Gasteiger partial charge in [-0.25, -0.2) is 8.42 Å². The minimum Gasteiger partial charge on any atom is -0.398 e. The number of benzene rings is 1. The van der Waals surface area contributed by atoms with Crippen LogP contribution >= 0.6 is 11.6 Å². The van der Waals surface area contributed by atoms with E-state index in [1.165, 1.54) is 22.5 Å². The van der Waals surface area contributed by atoms with E-state index in [0.29, 0.717) is 24.0 Å². The summed E-state index contributed by atoms with van der Waals surface area (Å²) in [7, 11) is -2.00. The smallest absolute Gasteiger partial charge is 0.245 e. The van der Waals surface area contributed by atoms with Gasteiger partial charge in [0.2, 0.25) is 10.0 Å². The van der Waals surface area contributed by atoms with Gasteiger partial charge in [-0.15, -0.1) is 0 Å².